The Morgan fingerprint density at radius 3 is 2.57 bits per heavy atom. The van der Waals surface area contributed by atoms with E-state index < -0.39 is 59.6 Å². The van der Waals surface area contributed by atoms with Crippen molar-refractivity contribution < 1.29 is 64.1 Å². The van der Waals surface area contributed by atoms with Crippen LogP contribution in [0.1, 0.15) is 8.97 Å². The number of aliphatic hydroxyl groups is 2. The Balaban J connectivity index is 1.99. The highest BCUT2D eigenvalue weighted by atomic mass is 35.5. The second-order valence-corrected chi connectivity index (χ2v) is 11.1. The van der Waals surface area contributed by atoms with Gasteiger partial charge in [-0.25, -0.2) is 13.7 Å². The standard InChI is InChI=1S/C13H16ClN4O14P3/c14-3-2-13(21)8(19)7(5-29-34(25,26)32-35(27,28)31-33(22,23)24)30-11(13)18-4-1-6-9(18)16-12(15)17-10(6)20/h1,4,7-8,11,19,21H,5H2,(H,25,26)(H,27,28)(H2,22,23,24)(H3,15,16,17,20)/t7-,8+,11-,13?/m1/s1/i5D2. The van der Waals surface area contributed by atoms with Crippen LogP contribution in [-0.4, -0.2) is 68.7 Å². The molecule has 18 nitrogen and oxygen atoms in total. The van der Waals surface area contributed by atoms with Crippen molar-refractivity contribution in [2.75, 3.05) is 12.3 Å². The van der Waals surface area contributed by atoms with Crippen LogP contribution in [0, 0.1) is 11.3 Å². The Labute approximate surface area is 201 Å². The summed E-state index contributed by atoms with van der Waals surface area (Å²) in [5, 5.41) is 23.4. The zero-order valence-electron chi connectivity index (χ0n) is 18.5. The minimum Gasteiger partial charge on any atom is -0.386 e. The number of fused-ring (bicyclic) bond motifs is 1. The molecule has 3 unspecified atom stereocenters. The molecule has 2 aromatic heterocycles. The van der Waals surface area contributed by atoms with Gasteiger partial charge in [0.05, 0.1) is 14.7 Å². The van der Waals surface area contributed by atoms with Crippen LogP contribution in [0.3, 0.4) is 0 Å². The second-order valence-electron chi connectivity index (χ2n) is 6.61. The van der Waals surface area contributed by atoms with E-state index in [1.54, 1.807) is 5.38 Å². The molecule has 9 N–H and O–H groups in total. The number of hydrogen-bond donors (Lipinski definition) is 8. The van der Waals surface area contributed by atoms with Crippen molar-refractivity contribution in [2.24, 2.45) is 0 Å². The van der Waals surface area contributed by atoms with Gasteiger partial charge in [-0.15, -0.1) is 0 Å². The van der Waals surface area contributed by atoms with Crippen molar-refractivity contribution in [1.29, 1.82) is 0 Å². The molecule has 0 aromatic carbocycles. The number of phosphoric ester groups is 1. The van der Waals surface area contributed by atoms with Crippen molar-refractivity contribution in [1.82, 2.24) is 14.5 Å². The highest BCUT2D eigenvalue weighted by Crippen LogP contribution is 2.66. The average Bonchev–Trinajstić information content (AvgIpc) is 3.18. The Kier molecular flexibility index (Phi) is 6.92. The molecule has 194 valence electrons. The lowest BCUT2D eigenvalue weighted by atomic mass is 9.95. The largest absolute Gasteiger partial charge is 0.490 e. The quantitative estimate of drug-likeness (QED) is 0.134. The van der Waals surface area contributed by atoms with Gasteiger partial charge in [-0.1, -0.05) is 0 Å². The van der Waals surface area contributed by atoms with Gasteiger partial charge in [0.2, 0.25) is 11.5 Å². The van der Waals surface area contributed by atoms with Gasteiger partial charge in [-0.2, -0.15) is 13.6 Å². The second kappa shape index (κ2) is 9.67. The van der Waals surface area contributed by atoms with Crippen LogP contribution in [-0.2, 0) is 31.6 Å². The highest BCUT2D eigenvalue weighted by molar-refractivity contribution is 7.66. The molecule has 0 amide bonds. The molecule has 3 heterocycles. The van der Waals surface area contributed by atoms with Crippen LogP contribution in [0.15, 0.2) is 17.1 Å². The lowest BCUT2D eigenvalue weighted by Crippen LogP contribution is -2.46. The predicted octanol–water partition coefficient (Wildman–Crippen LogP) is -1.16. The Morgan fingerprint density at radius 1 is 1.31 bits per heavy atom. The van der Waals surface area contributed by atoms with Crippen LogP contribution < -0.4 is 11.3 Å². The average molecular weight is 583 g/mol. The van der Waals surface area contributed by atoms with Crippen LogP contribution in [0.4, 0.5) is 5.95 Å². The molecule has 3 rings (SSSR count). The summed E-state index contributed by atoms with van der Waals surface area (Å²) in [5.41, 5.74) is 1.77. The first-order valence-electron chi connectivity index (χ1n) is 9.61. The molecule has 1 aliphatic heterocycles. The fourth-order valence-corrected chi connectivity index (χ4v) is 5.97. The van der Waals surface area contributed by atoms with E-state index in [4.69, 9.17) is 34.6 Å². The van der Waals surface area contributed by atoms with Gasteiger partial charge in [0, 0.05) is 11.6 Å². The molecule has 0 aliphatic carbocycles. The van der Waals surface area contributed by atoms with E-state index in [1.807, 2.05) is 5.92 Å². The first kappa shape index (κ1) is 25.0. The SMILES string of the molecule is [2H]C([2H])(OP(=O)(O)OP(=O)(O)OP(=O)(O)O)[C@H]1O[C@@H](n2ccc3c(=O)[nH]c(N)nc32)C(O)(C#CCl)[C@H]1O. The first-order chi connectivity index (χ1) is 16.7. The fraction of sp³-hybridized carbons (Fsp3) is 0.385. The lowest BCUT2D eigenvalue weighted by molar-refractivity contribution is -0.0715. The van der Waals surface area contributed by atoms with E-state index in [-0.39, 0.29) is 17.0 Å². The summed E-state index contributed by atoms with van der Waals surface area (Å²) in [7, 11) is -17.8. The molecule has 0 spiro atoms. The summed E-state index contributed by atoms with van der Waals surface area (Å²) < 4.78 is 67.7. The third kappa shape index (κ3) is 6.20. The van der Waals surface area contributed by atoms with E-state index in [2.05, 4.69) is 23.1 Å². The number of rotatable bonds is 8. The zero-order valence-corrected chi connectivity index (χ0v) is 20.0. The number of nitrogens with one attached hydrogen (secondary N) is 1. The summed E-state index contributed by atoms with van der Waals surface area (Å²) in [6, 6.07) is 1.19. The third-order valence-corrected chi connectivity index (χ3v) is 7.95. The molecule has 1 fully saturated rings. The molecule has 2 aromatic rings. The Hall–Kier alpha value is -1.64. The van der Waals surface area contributed by atoms with Crippen LogP contribution in [0.25, 0.3) is 11.0 Å². The van der Waals surface area contributed by atoms with Gasteiger partial charge in [0.15, 0.2) is 11.9 Å². The lowest BCUT2D eigenvalue weighted by Gasteiger charge is -2.26. The Bertz CT molecular complexity index is 1480. The molecule has 0 saturated carbocycles. The third-order valence-electron chi connectivity index (χ3n) is 4.19. The van der Waals surface area contributed by atoms with Gasteiger partial charge in [0.25, 0.3) is 5.56 Å². The predicted molar refractivity (Wildman–Crippen MR) is 113 cm³/mol. The summed E-state index contributed by atoms with van der Waals surface area (Å²) in [6.07, 6.45) is -5.70. The number of hydrogen-bond acceptors (Lipinski definition) is 12. The summed E-state index contributed by atoms with van der Waals surface area (Å²) in [5.74, 6) is 1.61. The van der Waals surface area contributed by atoms with Crippen molar-refractivity contribution in [3.8, 4) is 11.3 Å². The highest BCUT2D eigenvalue weighted by Gasteiger charge is 2.57. The monoisotopic (exact) mass is 582 g/mol. The summed E-state index contributed by atoms with van der Waals surface area (Å²) >= 11 is 5.37. The van der Waals surface area contributed by atoms with Crippen molar-refractivity contribution in [3.05, 3.63) is 22.6 Å². The molecule has 22 heteroatoms. The normalized spacial score (nSPS) is 29.5. The van der Waals surface area contributed by atoms with Crippen molar-refractivity contribution in [2.45, 2.75) is 24.0 Å². The maximum absolute atomic E-state index is 12.1. The van der Waals surface area contributed by atoms with E-state index in [1.165, 1.54) is 6.07 Å². The van der Waals surface area contributed by atoms with E-state index in [9.17, 15) is 38.5 Å². The van der Waals surface area contributed by atoms with Crippen LogP contribution >= 0.6 is 35.1 Å². The summed E-state index contributed by atoms with van der Waals surface area (Å²) in [6.45, 7) is -3.67. The maximum atomic E-state index is 12.1. The van der Waals surface area contributed by atoms with Crippen molar-refractivity contribution >= 4 is 52.1 Å². The zero-order chi connectivity index (χ0) is 28.2. The van der Waals surface area contributed by atoms with E-state index in [0.717, 1.165) is 10.8 Å². The fourth-order valence-electron chi connectivity index (χ4n) is 2.94. The van der Waals surface area contributed by atoms with Crippen molar-refractivity contribution in [3.63, 3.8) is 0 Å². The van der Waals surface area contributed by atoms with E-state index >= 15 is 0 Å². The number of phosphoric acid groups is 3. The number of nitrogen functional groups attached to an aromatic ring is 1. The molecular formula is C13H16ClN4O14P3. The van der Waals surface area contributed by atoms with Gasteiger partial charge in [0.1, 0.15) is 12.2 Å². The van der Waals surface area contributed by atoms with Gasteiger partial charge in [-0.3, -0.25) is 14.3 Å². The smallest absolute Gasteiger partial charge is 0.386 e. The topological polar surface area (TPSA) is 286 Å². The van der Waals surface area contributed by atoms with Crippen LogP contribution in [0.5, 0.6) is 0 Å². The number of halogens is 1. The minimum atomic E-state index is -6.06. The number of nitrogens with zero attached hydrogens (tertiary/aromatic N) is 2. The molecule has 35 heavy (non-hydrogen) atoms. The molecular weight excluding hydrogens is 565 g/mol. The molecule has 1 saturated heterocycles. The number of aliphatic hydroxyl groups excluding tert-OH is 1. The number of aromatic nitrogens is 3. The van der Waals surface area contributed by atoms with Crippen LogP contribution in [0.2, 0.25) is 0 Å². The van der Waals surface area contributed by atoms with Gasteiger partial charge >= 0.3 is 23.5 Å². The number of nitrogens with two attached hydrogens (primary N) is 1. The van der Waals surface area contributed by atoms with Gasteiger partial charge in [-0.05, 0) is 23.6 Å². The molecule has 1 aliphatic rings. The molecule has 0 bridgehead atoms. The number of aromatic amines is 1. The number of anilines is 1. The van der Waals surface area contributed by atoms with E-state index in [0.29, 0.717) is 0 Å². The summed E-state index contributed by atoms with van der Waals surface area (Å²) in [4.78, 5) is 54.3. The van der Waals surface area contributed by atoms with Gasteiger partial charge < -0.3 is 44.8 Å². The minimum absolute atomic E-state index is 0.0896. The molecule has 6 atom stereocenters. The Morgan fingerprint density at radius 2 is 1.97 bits per heavy atom. The number of ether oxygens (including phenoxy) is 1. The maximum Gasteiger partial charge on any atom is 0.490 e. The number of H-pyrrole nitrogens is 1. The first-order valence-corrected chi connectivity index (χ1v) is 13.5. The molecule has 0 radical (unpaired) electrons.